The third-order valence-corrected chi connectivity index (χ3v) is 5.06. The van der Waals surface area contributed by atoms with Gasteiger partial charge in [0.15, 0.2) is 5.17 Å². The largest absolute Gasteiger partial charge is 0.497 e. The van der Waals surface area contributed by atoms with Crippen molar-refractivity contribution in [2.45, 2.75) is 13.8 Å². The van der Waals surface area contributed by atoms with Gasteiger partial charge in [-0.1, -0.05) is 24.3 Å². The van der Waals surface area contributed by atoms with Gasteiger partial charge in [0.1, 0.15) is 5.75 Å². The molecule has 0 unspecified atom stereocenters. The number of amidine groups is 1. The number of carbonyl (C=O) groups excluding carboxylic acids is 1. The summed E-state index contributed by atoms with van der Waals surface area (Å²) < 4.78 is 5.16. The van der Waals surface area contributed by atoms with Crippen LogP contribution in [0.2, 0.25) is 0 Å². The van der Waals surface area contributed by atoms with Gasteiger partial charge < -0.3 is 4.74 Å². The summed E-state index contributed by atoms with van der Waals surface area (Å²) >= 11 is 1.40. The van der Waals surface area contributed by atoms with Crippen LogP contribution in [0.3, 0.4) is 0 Å². The number of nitrogens with zero attached hydrogens (tertiary/aromatic N) is 2. The maximum atomic E-state index is 12.5. The fourth-order valence-corrected chi connectivity index (χ4v) is 3.43. The summed E-state index contributed by atoms with van der Waals surface area (Å²) in [4.78, 5) is 19.5. The maximum Gasteiger partial charge on any atom is 0.266 e. The first-order valence-electron chi connectivity index (χ1n) is 7.95. The lowest BCUT2D eigenvalue weighted by Gasteiger charge is -2.08. The summed E-state index contributed by atoms with van der Waals surface area (Å²) in [6.45, 7) is 4.06. The van der Waals surface area contributed by atoms with Gasteiger partial charge in [-0.05, 0) is 66.6 Å². The summed E-state index contributed by atoms with van der Waals surface area (Å²) in [5, 5.41) is 0.693. The molecule has 2 aromatic rings. The molecule has 128 valence electrons. The van der Waals surface area contributed by atoms with Gasteiger partial charge in [0.05, 0.1) is 17.7 Å². The van der Waals surface area contributed by atoms with Gasteiger partial charge in [0.2, 0.25) is 0 Å². The number of benzene rings is 2. The Hall–Kier alpha value is -2.53. The summed E-state index contributed by atoms with van der Waals surface area (Å²) in [7, 11) is 3.39. The van der Waals surface area contributed by atoms with Gasteiger partial charge in [-0.25, -0.2) is 4.99 Å². The van der Waals surface area contributed by atoms with Crippen LogP contribution in [-0.2, 0) is 4.79 Å². The highest BCUT2D eigenvalue weighted by Crippen LogP contribution is 2.34. The van der Waals surface area contributed by atoms with Crippen molar-refractivity contribution in [3.8, 4) is 5.75 Å². The number of carbonyl (C=O) groups is 1. The normalized spacial score (nSPS) is 17.6. The minimum Gasteiger partial charge on any atom is -0.497 e. The molecule has 3 rings (SSSR count). The number of hydrogen-bond donors (Lipinski definition) is 0. The molecule has 0 saturated carbocycles. The molecule has 1 aliphatic rings. The van der Waals surface area contributed by atoms with Crippen molar-refractivity contribution in [3.63, 3.8) is 0 Å². The average molecular weight is 352 g/mol. The number of hydrogen-bond acceptors (Lipinski definition) is 4. The van der Waals surface area contributed by atoms with E-state index in [-0.39, 0.29) is 5.91 Å². The Morgan fingerprint density at radius 1 is 1.12 bits per heavy atom. The van der Waals surface area contributed by atoms with E-state index in [1.54, 1.807) is 19.1 Å². The number of methoxy groups -OCH3 is 1. The van der Waals surface area contributed by atoms with E-state index in [2.05, 4.69) is 6.07 Å². The van der Waals surface area contributed by atoms with Gasteiger partial charge in [0.25, 0.3) is 5.91 Å². The van der Waals surface area contributed by atoms with Crippen molar-refractivity contribution in [1.82, 2.24) is 4.90 Å². The minimum atomic E-state index is -0.0372. The zero-order chi connectivity index (χ0) is 18.0. The number of ether oxygens (including phenoxy) is 1. The van der Waals surface area contributed by atoms with E-state index in [1.165, 1.54) is 11.8 Å². The highest BCUT2D eigenvalue weighted by Gasteiger charge is 2.30. The lowest BCUT2D eigenvalue weighted by molar-refractivity contribution is -0.121. The van der Waals surface area contributed by atoms with E-state index in [1.807, 2.05) is 56.3 Å². The van der Waals surface area contributed by atoms with Crippen LogP contribution in [-0.4, -0.2) is 30.1 Å². The van der Waals surface area contributed by atoms with Crippen LogP contribution in [0.15, 0.2) is 52.4 Å². The van der Waals surface area contributed by atoms with E-state index < -0.39 is 0 Å². The van der Waals surface area contributed by atoms with Crippen molar-refractivity contribution in [2.24, 2.45) is 4.99 Å². The molecule has 0 atom stereocenters. The second kappa shape index (κ2) is 7.15. The third-order valence-electron chi connectivity index (χ3n) is 4.00. The Labute approximate surface area is 152 Å². The molecule has 0 bridgehead atoms. The molecule has 4 nitrogen and oxygen atoms in total. The molecule has 1 fully saturated rings. The van der Waals surface area contributed by atoms with Crippen molar-refractivity contribution in [3.05, 3.63) is 64.1 Å². The fourth-order valence-electron chi connectivity index (χ4n) is 2.45. The zero-order valence-electron chi connectivity index (χ0n) is 14.7. The highest BCUT2D eigenvalue weighted by atomic mass is 32.2. The number of aliphatic imine (C=N–C) groups is 1. The Balaban J connectivity index is 1.90. The molecule has 2 aromatic carbocycles. The Morgan fingerprint density at radius 3 is 2.52 bits per heavy atom. The quantitative estimate of drug-likeness (QED) is 0.761. The van der Waals surface area contributed by atoms with Crippen molar-refractivity contribution < 1.29 is 9.53 Å². The Bertz CT molecular complexity index is 870. The first kappa shape index (κ1) is 17.3. The van der Waals surface area contributed by atoms with Gasteiger partial charge in [0, 0.05) is 7.05 Å². The predicted octanol–water partition coefficient (Wildman–Crippen LogP) is 4.55. The second-order valence-electron chi connectivity index (χ2n) is 5.93. The smallest absolute Gasteiger partial charge is 0.266 e. The number of aryl methyl sites for hydroxylation is 2. The predicted molar refractivity (Wildman–Crippen MR) is 104 cm³/mol. The molecule has 0 radical (unpaired) electrons. The second-order valence-corrected chi connectivity index (χ2v) is 6.94. The van der Waals surface area contributed by atoms with E-state index in [9.17, 15) is 4.79 Å². The molecular weight excluding hydrogens is 332 g/mol. The van der Waals surface area contributed by atoms with Crippen molar-refractivity contribution in [1.29, 1.82) is 0 Å². The van der Waals surface area contributed by atoms with Crippen LogP contribution in [0.25, 0.3) is 6.08 Å². The fraction of sp³-hybridized carbons (Fsp3) is 0.200. The first-order valence-corrected chi connectivity index (χ1v) is 8.77. The Kier molecular flexibility index (Phi) is 4.95. The van der Waals surface area contributed by atoms with Crippen LogP contribution < -0.4 is 4.74 Å². The topological polar surface area (TPSA) is 41.9 Å². The van der Waals surface area contributed by atoms with Gasteiger partial charge in [-0.3, -0.25) is 9.69 Å². The standard InChI is InChI=1S/C20H20N2O2S/c1-13-5-6-14(2)17(11-13)21-20-22(3)19(23)18(25-20)12-15-7-9-16(24-4)10-8-15/h5-12H,1-4H3. The SMILES string of the molecule is COc1ccc(C=C2SC(=Nc3cc(C)ccc3C)N(C)C2=O)cc1. The van der Waals surface area contributed by atoms with Crippen LogP contribution in [0.4, 0.5) is 5.69 Å². The van der Waals surface area contributed by atoms with E-state index >= 15 is 0 Å². The first-order chi connectivity index (χ1) is 12.0. The molecule has 0 aliphatic carbocycles. The van der Waals surface area contributed by atoms with Gasteiger partial charge in [-0.15, -0.1) is 0 Å². The molecular formula is C20H20N2O2S. The van der Waals surface area contributed by atoms with Crippen LogP contribution in [0.1, 0.15) is 16.7 Å². The van der Waals surface area contributed by atoms with E-state index in [0.29, 0.717) is 10.1 Å². The number of likely N-dealkylation sites (N-methyl/N-ethyl adjacent to an activating group) is 1. The molecule has 0 spiro atoms. The minimum absolute atomic E-state index is 0.0372. The monoisotopic (exact) mass is 352 g/mol. The summed E-state index contributed by atoms with van der Waals surface area (Å²) in [6.07, 6.45) is 1.88. The van der Waals surface area contributed by atoms with Crippen LogP contribution >= 0.6 is 11.8 Å². The number of amides is 1. The van der Waals surface area contributed by atoms with Crippen LogP contribution in [0.5, 0.6) is 5.75 Å². The van der Waals surface area contributed by atoms with Gasteiger partial charge >= 0.3 is 0 Å². The maximum absolute atomic E-state index is 12.5. The Morgan fingerprint density at radius 2 is 1.84 bits per heavy atom. The lowest BCUT2D eigenvalue weighted by Crippen LogP contribution is -2.23. The summed E-state index contributed by atoms with van der Waals surface area (Å²) in [5.41, 5.74) is 4.09. The molecule has 1 heterocycles. The molecule has 5 heteroatoms. The van der Waals surface area contributed by atoms with Crippen molar-refractivity contribution >= 4 is 34.6 Å². The third kappa shape index (κ3) is 3.77. The average Bonchev–Trinajstić information content (AvgIpc) is 2.87. The molecule has 0 aromatic heterocycles. The highest BCUT2D eigenvalue weighted by molar-refractivity contribution is 8.18. The summed E-state index contributed by atoms with van der Waals surface area (Å²) in [5.74, 6) is 0.756. The van der Waals surface area contributed by atoms with Crippen molar-refractivity contribution in [2.75, 3.05) is 14.2 Å². The van der Waals surface area contributed by atoms with E-state index in [0.717, 1.165) is 28.1 Å². The molecule has 1 aliphatic heterocycles. The molecule has 25 heavy (non-hydrogen) atoms. The molecule has 0 N–H and O–H groups in total. The zero-order valence-corrected chi connectivity index (χ0v) is 15.6. The van der Waals surface area contributed by atoms with E-state index in [4.69, 9.17) is 9.73 Å². The summed E-state index contributed by atoms with van der Waals surface area (Å²) in [6, 6.07) is 13.8. The number of rotatable bonds is 3. The number of thioether (sulfide) groups is 1. The lowest BCUT2D eigenvalue weighted by atomic mass is 10.1. The van der Waals surface area contributed by atoms with Crippen LogP contribution in [0, 0.1) is 13.8 Å². The molecule has 1 amide bonds. The van der Waals surface area contributed by atoms with Gasteiger partial charge in [-0.2, -0.15) is 0 Å². The molecule has 1 saturated heterocycles.